The Morgan fingerprint density at radius 2 is 1.45 bits per heavy atom. The van der Waals surface area contributed by atoms with E-state index in [1.165, 1.54) is 16.7 Å². The molecule has 2 aliphatic heterocycles. The van der Waals surface area contributed by atoms with E-state index in [0.29, 0.717) is 5.25 Å². The summed E-state index contributed by atoms with van der Waals surface area (Å²) in [4.78, 5) is 0. The average molecular weight is 335 g/mol. The first-order chi connectivity index (χ1) is 10.1. The van der Waals surface area contributed by atoms with Gasteiger partial charge in [-0.1, -0.05) is 71.9 Å². The monoisotopic (exact) mass is 334 g/mol. The van der Waals surface area contributed by atoms with Gasteiger partial charge in [0, 0.05) is 16.0 Å². The third-order valence-corrected chi connectivity index (χ3v) is 8.62. The number of hydrogen-bond acceptors (Lipinski definition) is 2. The molecule has 1 nitrogen and oxygen atoms in total. The molecule has 2 aliphatic rings. The predicted molar refractivity (Wildman–Crippen MR) is 98.4 cm³/mol. The Kier molecular flexibility index (Phi) is 3.89. The molecule has 0 N–H and O–H groups in total. The van der Waals surface area contributed by atoms with Crippen LogP contribution in [0.25, 0.3) is 0 Å². The second-order valence-electron chi connectivity index (χ2n) is 8.38. The van der Waals surface area contributed by atoms with Crippen LogP contribution in [0.3, 0.4) is 0 Å². The van der Waals surface area contributed by atoms with Crippen molar-refractivity contribution in [1.82, 2.24) is 0 Å². The van der Waals surface area contributed by atoms with E-state index >= 15 is 0 Å². The van der Waals surface area contributed by atoms with Gasteiger partial charge in [-0.3, -0.25) is 4.21 Å². The summed E-state index contributed by atoms with van der Waals surface area (Å²) >= 11 is 1.92. The minimum atomic E-state index is -0.796. The molecular formula is C19H26OS2. The third-order valence-electron chi connectivity index (χ3n) is 4.56. The van der Waals surface area contributed by atoms with Gasteiger partial charge in [0.05, 0.1) is 5.25 Å². The zero-order valence-corrected chi connectivity index (χ0v) is 16.0. The van der Waals surface area contributed by atoms with Crippen molar-refractivity contribution in [2.45, 2.75) is 56.6 Å². The Morgan fingerprint density at radius 1 is 0.909 bits per heavy atom. The van der Waals surface area contributed by atoms with Crippen LogP contribution in [0, 0.1) is 10.8 Å². The summed E-state index contributed by atoms with van der Waals surface area (Å²) in [5.41, 5.74) is 4.39. The normalized spacial score (nSPS) is 31.9. The van der Waals surface area contributed by atoms with Gasteiger partial charge in [-0.2, -0.15) is 0 Å². The largest absolute Gasteiger partial charge is 0.257 e. The average Bonchev–Trinajstić information content (AvgIpc) is 2.89. The quantitative estimate of drug-likeness (QED) is 0.647. The number of hydrogen-bond donors (Lipinski definition) is 0. The molecule has 3 heteroatoms. The molecule has 3 rings (SSSR count). The SMILES string of the molecule is CC(C)(C)C1=C(C(C)(C)C)[C@@H]2[C@H](c3ccccc3)S[C@H]1S2=O. The summed E-state index contributed by atoms with van der Waals surface area (Å²) in [5, 5.41) is 0.513. The van der Waals surface area contributed by atoms with Crippen molar-refractivity contribution in [1.29, 1.82) is 0 Å². The van der Waals surface area contributed by atoms with Crippen molar-refractivity contribution in [3.05, 3.63) is 47.0 Å². The Morgan fingerprint density at radius 3 is 1.95 bits per heavy atom. The first kappa shape index (κ1) is 16.3. The molecule has 0 amide bonds. The van der Waals surface area contributed by atoms with Crippen LogP contribution in [0.2, 0.25) is 0 Å². The maximum Gasteiger partial charge on any atom is 0.103 e. The van der Waals surface area contributed by atoms with E-state index in [9.17, 15) is 4.21 Å². The smallest absolute Gasteiger partial charge is 0.103 e. The lowest BCUT2D eigenvalue weighted by molar-refractivity contribution is 0.434. The van der Waals surface area contributed by atoms with Crippen molar-refractivity contribution in [3.8, 4) is 0 Å². The van der Waals surface area contributed by atoms with Gasteiger partial charge in [0.25, 0.3) is 0 Å². The van der Waals surface area contributed by atoms with Crippen molar-refractivity contribution >= 4 is 22.6 Å². The Balaban J connectivity index is 2.14. The topological polar surface area (TPSA) is 17.1 Å². The van der Waals surface area contributed by atoms with E-state index in [-0.39, 0.29) is 20.7 Å². The fourth-order valence-electron chi connectivity index (χ4n) is 3.73. The van der Waals surface area contributed by atoms with Gasteiger partial charge in [0.2, 0.25) is 0 Å². The Bertz CT molecular complexity index is 632. The van der Waals surface area contributed by atoms with Crippen LogP contribution < -0.4 is 0 Å². The van der Waals surface area contributed by atoms with Gasteiger partial charge in [-0.15, -0.1) is 11.8 Å². The fourth-order valence-corrected chi connectivity index (χ4v) is 8.98. The molecule has 22 heavy (non-hydrogen) atoms. The minimum Gasteiger partial charge on any atom is -0.257 e. The highest BCUT2D eigenvalue weighted by atomic mass is 32.2. The highest BCUT2D eigenvalue weighted by Crippen LogP contribution is 2.63. The lowest BCUT2D eigenvalue weighted by Crippen LogP contribution is -2.29. The molecule has 1 fully saturated rings. The van der Waals surface area contributed by atoms with E-state index < -0.39 is 10.8 Å². The summed E-state index contributed by atoms with van der Waals surface area (Å²) in [6.45, 7) is 13.6. The van der Waals surface area contributed by atoms with Crippen molar-refractivity contribution in [2.75, 3.05) is 0 Å². The van der Waals surface area contributed by atoms with Crippen LogP contribution in [0.1, 0.15) is 52.4 Å². The molecule has 2 bridgehead atoms. The molecule has 0 spiro atoms. The van der Waals surface area contributed by atoms with E-state index in [2.05, 4.69) is 71.9 Å². The molecule has 1 aromatic carbocycles. The minimum absolute atomic E-state index is 0.0751. The molecule has 0 saturated carbocycles. The Labute approximate surface area is 141 Å². The van der Waals surface area contributed by atoms with Gasteiger partial charge in [-0.25, -0.2) is 0 Å². The summed E-state index contributed by atoms with van der Waals surface area (Å²) in [6, 6.07) is 10.6. The standard InChI is InChI=1S/C19H26OS2/c1-18(2,3)13-14(19(4,5)6)17-21-15(16(13)22(17)20)12-10-8-7-9-11-12/h7-11,15-17H,1-6H3/t15-,16+,17-,22?/m0/s1. The van der Waals surface area contributed by atoms with Gasteiger partial charge in [-0.05, 0) is 27.5 Å². The molecule has 120 valence electrons. The van der Waals surface area contributed by atoms with Gasteiger partial charge >= 0.3 is 0 Å². The molecule has 1 aromatic rings. The van der Waals surface area contributed by atoms with E-state index in [1.807, 2.05) is 11.8 Å². The van der Waals surface area contributed by atoms with Crippen molar-refractivity contribution in [3.63, 3.8) is 0 Å². The van der Waals surface area contributed by atoms with Gasteiger partial charge in [0.15, 0.2) is 0 Å². The summed E-state index contributed by atoms with van der Waals surface area (Å²) in [7, 11) is -0.796. The lowest BCUT2D eigenvalue weighted by Gasteiger charge is -2.37. The molecular weight excluding hydrogens is 308 g/mol. The molecule has 2 heterocycles. The number of fused-ring (bicyclic) bond motifs is 2. The zero-order valence-electron chi connectivity index (χ0n) is 14.3. The van der Waals surface area contributed by atoms with E-state index in [4.69, 9.17) is 0 Å². The first-order valence-electron chi connectivity index (χ1n) is 7.97. The molecule has 0 aliphatic carbocycles. The van der Waals surface area contributed by atoms with Crippen LogP contribution in [0.4, 0.5) is 0 Å². The van der Waals surface area contributed by atoms with Gasteiger partial charge < -0.3 is 0 Å². The molecule has 1 unspecified atom stereocenters. The summed E-state index contributed by atoms with van der Waals surface area (Å²) in [6.07, 6.45) is 0. The Hall–Kier alpha value is -0.540. The third kappa shape index (κ3) is 2.50. The van der Waals surface area contributed by atoms with E-state index in [0.717, 1.165) is 0 Å². The summed E-state index contributed by atoms with van der Waals surface area (Å²) in [5.74, 6) is 0. The molecule has 0 radical (unpaired) electrons. The second-order valence-corrected chi connectivity index (χ2v) is 11.6. The van der Waals surface area contributed by atoms with Crippen LogP contribution in [-0.2, 0) is 10.8 Å². The van der Waals surface area contributed by atoms with Crippen molar-refractivity contribution < 1.29 is 4.21 Å². The fraction of sp³-hybridized carbons (Fsp3) is 0.579. The van der Waals surface area contributed by atoms with Crippen LogP contribution in [0.5, 0.6) is 0 Å². The van der Waals surface area contributed by atoms with E-state index in [1.54, 1.807) is 0 Å². The molecule has 0 aromatic heterocycles. The van der Waals surface area contributed by atoms with Gasteiger partial charge in [0.1, 0.15) is 4.58 Å². The summed E-state index contributed by atoms with van der Waals surface area (Å²) < 4.78 is 13.3. The highest BCUT2D eigenvalue weighted by Gasteiger charge is 2.57. The maximum atomic E-state index is 13.1. The zero-order chi connectivity index (χ0) is 16.3. The molecule has 1 saturated heterocycles. The first-order valence-corrected chi connectivity index (χ1v) is 10.2. The lowest BCUT2D eigenvalue weighted by atomic mass is 9.73. The molecule has 4 atom stereocenters. The van der Waals surface area contributed by atoms with Crippen LogP contribution >= 0.6 is 11.8 Å². The second kappa shape index (κ2) is 5.24. The highest BCUT2D eigenvalue weighted by molar-refractivity contribution is 8.15. The maximum absolute atomic E-state index is 13.1. The predicted octanol–water partition coefficient (Wildman–Crippen LogP) is 5.32. The van der Waals surface area contributed by atoms with Crippen LogP contribution in [0.15, 0.2) is 41.5 Å². The number of rotatable bonds is 1. The van der Waals surface area contributed by atoms with Crippen LogP contribution in [-0.4, -0.2) is 14.0 Å². The number of benzene rings is 1. The van der Waals surface area contributed by atoms with Crippen molar-refractivity contribution in [2.24, 2.45) is 10.8 Å². The number of thioether (sulfide) groups is 1.